The number of nitrogens with zero attached hydrogens (tertiary/aromatic N) is 4. The SMILES string of the molecule is O=C(c1cnn2c1CCCC2)N(Cc1ccncc1)CC1CCCO1. The van der Waals surface area contributed by atoms with Gasteiger partial charge in [0.2, 0.25) is 0 Å². The molecular weight excluding hydrogens is 316 g/mol. The zero-order valence-electron chi connectivity index (χ0n) is 14.4. The summed E-state index contributed by atoms with van der Waals surface area (Å²) in [6.45, 7) is 2.92. The number of carbonyl (C=O) groups excluding carboxylic acids is 1. The van der Waals surface area contributed by atoms with Gasteiger partial charge in [0.05, 0.1) is 23.6 Å². The van der Waals surface area contributed by atoms with Gasteiger partial charge in [-0.2, -0.15) is 5.10 Å². The van der Waals surface area contributed by atoms with Crippen molar-refractivity contribution in [1.29, 1.82) is 0 Å². The monoisotopic (exact) mass is 340 g/mol. The van der Waals surface area contributed by atoms with E-state index in [0.717, 1.165) is 62.1 Å². The molecule has 4 rings (SSSR count). The van der Waals surface area contributed by atoms with E-state index in [1.165, 1.54) is 0 Å². The van der Waals surface area contributed by atoms with Gasteiger partial charge in [0, 0.05) is 38.6 Å². The Kier molecular flexibility index (Phi) is 4.78. The number of rotatable bonds is 5. The highest BCUT2D eigenvalue weighted by Crippen LogP contribution is 2.22. The van der Waals surface area contributed by atoms with E-state index in [4.69, 9.17) is 4.74 Å². The fourth-order valence-electron chi connectivity index (χ4n) is 3.73. The molecule has 2 aromatic rings. The largest absolute Gasteiger partial charge is 0.376 e. The van der Waals surface area contributed by atoms with Gasteiger partial charge in [-0.05, 0) is 49.8 Å². The fourth-order valence-corrected chi connectivity index (χ4v) is 3.73. The van der Waals surface area contributed by atoms with Gasteiger partial charge in [-0.3, -0.25) is 14.5 Å². The molecule has 1 amide bonds. The van der Waals surface area contributed by atoms with E-state index in [9.17, 15) is 4.79 Å². The Bertz CT molecular complexity index is 722. The van der Waals surface area contributed by atoms with Crippen molar-refractivity contribution in [2.45, 2.75) is 51.3 Å². The lowest BCUT2D eigenvalue weighted by Gasteiger charge is -2.26. The number of fused-ring (bicyclic) bond motifs is 1. The molecule has 2 aliphatic rings. The van der Waals surface area contributed by atoms with Crippen LogP contribution < -0.4 is 0 Å². The second kappa shape index (κ2) is 7.35. The maximum Gasteiger partial charge on any atom is 0.257 e. The molecule has 6 nitrogen and oxygen atoms in total. The normalized spacial score (nSPS) is 19.6. The second-order valence-electron chi connectivity index (χ2n) is 6.86. The first-order valence-electron chi connectivity index (χ1n) is 9.16. The maximum atomic E-state index is 13.3. The molecular formula is C19H24N4O2. The average Bonchev–Trinajstić information content (AvgIpc) is 3.31. The van der Waals surface area contributed by atoms with E-state index in [-0.39, 0.29) is 12.0 Å². The number of carbonyl (C=O) groups is 1. The van der Waals surface area contributed by atoms with Crippen LogP contribution in [0.5, 0.6) is 0 Å². The number of aryl methyl sites for hydroxylation is 1. The lowest BCUT2D eigenvalue weighted by atomic mass is 10.1. The number of aromatic nitrogens is 3. The van der Waals surface area contributed by atoms with E-state index < -0.39 is 0 Å². The molecule has 4 heterocycles. The van der Waals surface area contributed by atoms with Crippen LogP contribution in [0.1, 0.15) is 47.3 Å². The van der Waals surface area contributed by atoms with E-state index in [1.807, 2.05) is 21.7 Å². The average molecular weight is 340 g/mol. The smallest absolute Gasteiger partial charge is 0.257 e. The lowest BCUT2D eigenvalue weighted by Crippen LogP contribution is -2.37. The van der Waals surface area contributed by atoms with Gasteiger partial charge in [0.25, 0.3) is 5.91 Å². The van der Waals surface area contributed by atoms with Gasteiger partial charge < -0.3 is 9.64 Å². The van der Waals surface area contributed by atoms with Crippen LogP contribution in [-0.2, 0) is 24.2 Å². The second-order valence-corrected chi connectivity index (χ2v) is 6.86. The topological polar surface area (TPSA) is 60.2 Å². The van der Waals surface area contributed by atoms with Gasteiger partial charge in [0.1, 0.15) is 0 Å². The first-order valence-corrected chi connectivity index (χ1v) is 9.16. The predicted molar refractivity (Wildman–Crippen MR) is 93.1 cm³/mol. The van der Waals surface area contributed by atoms with E-state index >= 15 is 0 Å². The van der Waals surface area contributed by atoms with Crippen molar-refractivity contribution in [2.24, 2.45) is 0 Å². The van der Waals surface area contributed by atoms with Gasteiger partial charge in [-0.15, -0.1) is 0 Å². The summed E-state index contributed by atoms with van der Waals surface area (Å²) >= 11 is 0. The Morgan fingerprint density at radius 2 is 2.16 bits per heavy atom. The van der Waals surface area contributed by atoms with Crippen LogP contribution in [0.4, 0.5) is 0 Å². The summed E-state index contributed by atoms with van der Waals surface area (Å²) in [5.41, 5.74) is 2.93. The minimum atomic E-state index is 0.0652. The molecule has 1 unspecified atom stereocenters. The molecule has 0 aliphatic carbocycles. The van der Waals surface area contributed by atoms with E-state index in [0.29, 0.717) is 13.1 Å². The van der Waals surface area contributed by atoms with Crippen LogP contribution in [0.15, 0.2) is 30.7 Å². The number of ether oxygens (including phenoxy) is 1. The molecule has 2 aliphatic heterocycles. The summed E-state index contributed by atoms with van der Waals surface area (Å²) in [6.07, 6.45) is 10.7. The number of pyridine rings is 1. The van der Waals surface area contributed by atoms with Crippen LogP contribution in [0, 0.1) is 0 Å². The molecule has 0 N–H and O–H groups in total. The summed E-state index contributed by atoms with van der Waals surface area (Å²) < 4.78 is 7.77. The Balaban J connectivity index is 1.57. The summed E-state index contributed by atoms with van der Waals surface area (Å²) in [4.78, 5) is 19.3. The highest BCUT2D eigenvalue weighted by Gasteiger charge is 2.27. The molecule has 1 fully saturated rings. The zero-order valence-corrected chi connectivity index (χ0v) is 14.4. The minimum Gasteiger partial charge on any atom is -0.376 e. The third-order valence-electron chi connectivity index (χ3n) is 5.07. The van der Waals surface area contributed by atoms with Crippen LogP contribution >= 0.6 is 0 Å². The van der Waals surface area contributed by atoms with Gasteiger partial charge in [-0.25, -0.2) is 0 Å². The number of hydrogen-bond acceptors (Lipinski definition) is 4. The van der Waals surface area contributed by atoms with Gasteiger partial charge >= 0.3 is 0 Å². The molecule has 25 heavy (non-hydrogen) atoms. The molecule has 2 aromatic heterocycles. The van der Waals surface area contributed by atoms with Crippen molar-refractivity contribution in [1.82, 2.24) is 19.7 Å². The fraction of sp³-hybridized carbons (Fsp3) is 0.526. The van der Waals surface area contributed by atoms with Gasteiger partial charge in [-0.1, -0.05) is 0 Å². The maximum absolute atomic E-state index is 13.3. The molecule has 1 saturated heterocycles. The van der Waals surface area contributed by atoms with Crippen LogP contribution in [-0.4, -0.2) is 44.8 Å². The lowest BCUT2D eigenvalue weighted by molar-refractivity contribution is 0.0506. The van der Waals surface area contributed by atoms with Crippen molar-refractivity contribution in [2.75, 3.05) is 13.2 Å². The van der Waals surface area contributed by atoms with Crippen molar-refractivity contribution in [3.8, 4) is 0 Å². The van der Waals surface area contributed by atoms with Crippen molar-refractivity contribution in [3.05, 3.63) is 47.5 Å². The third kappa shape index (κ3) is 3.58. The number of hydrogen-bond donors (Lipinski definition) is 0. The van der Waals surface area contributed by atoms with Crippen molar-refractivity contribution < 1.29 is 9.53 Å². The highest BCUT2D eigenvalue weighted by molar-refractivity contribution is 5.95. The highest BCUT2D eigenvalue weighted by atomic mass is 16.5. The first kappa shape index (κ1) is 16.3. The molecule has 0 radical (unpaired) electrons. The van der Waals surface area contributed by atoms with Crippen LogP contribution in [0.2, 0.25) is 0 Å². The van der Waals surface area contributed by atoms with E-state index in [1.54, 1.807) is 18.6 Å². The summed E-state index contributed by atoms with van der Waals surface area (Å²) in [5.74, 6) is 0.0652. The Morgan fingerprint density at radius 3 is 2.96 bits per heavy atom. The van der Waals surface area contributed by atoms with Crippen LogP contribution in [0.25, 0.3) is 0 Å². The van der Waals surface area contributed by atoms with Gasteiger partial charge in [0.15, 0.2) is 0 Å². The molecule has 132 valence electrons. The molecule has 0 saturated carbocycles. The molecule has 0 aromatic carbocycles. The number of amides is 1. The predicted octanol–water partition coefficient (Wildman–Crippen LogP) is 2.44. The summed E-state index contributed by atoms with van der Waals surface area (Å²) in [6, 6.07) is 3.92. The summed E-state index contributed by atoms with van der Waals surface area (Å²) in [7, 11) is 0. The van der Waals surface area contributed by atoms with Crippen molar-refractivity contribution in [3.63, 3.8) is 0 Å². The van der Waals surface area contributed by atoms with Crippen molar-refractivity contribution >= 4 is 5.91 Å². The Labute approximate surface area is 147 Å². The minimum absolute atomic E-state index is 0.0652. The molecule has 6 heteroatoms. The standard InChI is InChI=1S/C19H24N4O2/c24-19(17-12-21-23-10-2-1-5-18(17)23)22(14-16-4-3-11-25-16)13-15-6-8-20-9-7-15/h6-9,12,16H,1-5,10-11,13-14H2. The first-order chi connectivity index (χ1) is 12.3. The van der Waals surface area contributed by atoms with Crippen LogP contribution in [0.3, 0.4) is 0 Å². The Morgan fingerprint density at radius 1 is 1.28 bits per heavy atom. The van der Waals surface area contributed by atoms with E-state index in [2.05, 4.69) is 10.1 Å². The summed E-state index contributed by atoms with van der Waals surface area (Å²) in [5, 5.41) is 4.43. The quantitative estimate of drug-likeness (QED) is 0.839. The zero-order chi connectivity index (χ0) is 17.1. The third-order valence-corrected chi connectivity index (χ3v) is 5.07. The Hall–Kier alpha value is -2.21. The molecule has 0 spiro atoms. The molecule has 1 atom stereocenters. The molecule has 0 bridgehead atoms.